The van der Waals surface area contributed by atoms with Gasteiger partial charge in [0, 0.05) is 12.6 Å². The quantitative estimate of drug-likeness (QED) is 0.564. The second kappa shape index (κ2) is 2.49. The van der Waals surface area contributed by atoms with E-state index in [-0.39, 0.29) is 5.91 Å². The molecule has 0 fully saturated rings. The van der Waals surface area contributed by atoms with Crippen molar-refractivity contribution in [1.82, 2.24) is 9.78 Å². The lowest BCUT2D eigenvalue weighted by atomic mass is 10.2. The Bertz CT molecular complexity index is 299. The highest BCUT2D eigenvalue weighted by Crippen LogP contribution is 2.09. The fourth-order valence-corrected chi connectivity index (χ4v) is 1.03. The molecule has 3 nitrogen and oxygen atoms in total. The van der Waals surface area contributed by atoms with Crippen LogP contribution in [0.15, 0.2) is 0 Å². The van der Waals surface area contributed by atoms with E-state index in [9.17, 15) is 4.79 Å². The number of hydrogen-bond donors (Lipinski definition) is 0. The zero-order chi connectivity index (χ0) is 8.59. The minimum atomic E-state index is -0.0290. The maximum atomic E-state index is 10.9. The lowest BCUT2D eigenvalue weighted by molar-refractivity contribution is 0.0918. The molecule has 0 unspecified atom stereocenters. The molecule has 0 atom stereocenters. The largest absolute Gasteiger partial charge is 0.273 e. The second-order valence-electron chi connectivity index (χ2n) is 2.73. The Kier molecular flexibility index (Phi) is 1.81. The molecule has 0 saturated heterocycles. The predicted molar refractivity (Wildman–Crippen MR) is 42.7 cm³/mol. The van der Waals surface area contributed by atoms with Gasteiger partial charge in [0.2, 0.25) is 5.91 Å². The highest BCUT2D eigenvalue weighted by Gasteiger charge is 2.08. The smallest absolute Gasteiger partial charge is 0.243 e. The van der Waals surface area contributed by atoms with E-state index in [2.05, 4.69) is 5.10 Å². The summed E-state index contributed by atoms with van der Waals surface area (Å²) in [6.07, 6.45) is 0. The van der Waals surface area contributed by atoms with Crippen LogP contribution in [-0.2, 0) is 0 Å². The van der Waals surface area contributed by atoms with Crippen LogP contribution < -0.4 is 0 Å². The van der Waals surface area contributed by atoms with Crippen molar-refractivity contribution >= 4 is 5.91 Å². The van der Waals surface area contributed by atoms with Crippen LogP contribution in [0.5, 0.6) is 0 Å². The van der Waals surface area contributed by atoms with E-state index in [1.165, 1.54) is 11.6 Å². The summed E-state index contributed by atoms with van der Waals surface area (Å²) in [5.74, 6) is -0.0290. The van der Waals surface area contributed by atoms with E-state index in [1.54, 1.807) is 0 Å². The SMILES string of the molecule is CC(=O)n1nc(C)c(C)c1C. The maximum Gasteiger partial charge on any atom is 0.243 e. The third-order valence-corrected chi connectivity index (χ3v) is 1.95. The minimum absolute atomic E-state index is 0.0290. The molecule has 0 aliphatic carbocycles. The summed E-state index contributed by atoms with van der Waals surface area (Å²) >= 11 is 0. The first kappa shape index (κ1) is 7.98. The Balaban J connectivity index is 3.29. The van der Waals surface area contributed by atoms with Gasteiger partial charge in [-0.1, -0.05) is 0 Å². The van der Waals surface area contributed by atoms with Gasteiger partial charge in [-0.2, -0.15) is 5.10 Å². The number of rotatable bonds is 0. The van der Waals surface area contributed by atoms with Gasteiger partial charge in [-0.15, -0.1) is 0 Å². The molecule has 0 N–H and O–H groups in total. The van der Waals surface area contributed by atoms with Crippen molar-refractivity contribution in [2.24, 2.45) is 0 Å². The van der Waals surface area contributed by atoms with Crippen LogP contribution >= 0.6 is 0 Å². The van der Waals surface area contributed by atoms with Crippen LogP contribution in [-0.4, -0.2) is 15.7 Å². The first-order valence-electron chi connectivity index (χ1n) is 3.57. The Morgan fingerprint density at radius 3 is 2.09 bits per heavy atom. The lowest BCUT2D eigenvalue weighted by Crippen LogP contribution is -2.09. The molecule has 1 heterocycles. The zero-order valence-electron chi connectivity index (χ0n) is 7.30. The van der Waals surface area contributed by atoms with Gasteiger partial charge in [-0.05, 0) is 26.3 Å². The summed E-state index contributed by atoms with van der Waals surface area (Å²) in [5.41, 5.74) is 2.97. The van der Waals surface area contributed by atoms with Crippen LogP contribution in [0, 0.1) is 20.8 Å². The van der Waals surface area contributed by atoms with Crippen molar-refractivity contribution < 1.29 is 4.79 Å². The molecule has 11 heavy (non-hydrogen) atoms. The monoisotopic (exact) mass is 152 g/mol. The van der Waals surface area contributed by atoms with E-state index >= 15 is 0 Å². The van der Waals surface area contributed by atoms with Crippen LogP contribution in [0.4, 0.5) is 0 Å². The van der Waals surface area contributed by atoms with Gasteiger partial charge in [0.1, 0.15) is 0 Å². The third-order valence-electron chi connectivity index (χ3n) is 1.95. The van der Waals surface area contributed by atoms with Crippen LogP contribution in [0.3, 0.4) is 0 Å². The topological polar surface area (TPSA) is 34.9 Å². The van der Waals surface area contributed by atoms with Gasteiger partial charge in [0.05, 0.1) is 5.69 Å². The molecular weight excluding hydrogens is 140 g/mol. The molecule has 0 aromatic carbocycles. The minimum Gasteiger partial charge on any atom is -0.273 e. The fourth-order valence-electron chi connectivity index (χ4n) is 1.03. The van der Waals surface area contributed by atoms with E-state index in [1.807, 2.05) is 20.8 Å². The second-order valence-corrected chi connectivity index (χ2v) is 2.73. The molecule has 1 aromatic heterocycles. The lowest BCUT2D eigenvalue weighted by Gasteiger charge is -1.95. The molecule has 0 saturated carbocycles. The molecule has 0 spiro atoms. The molecule has 0 aliphatic heterocycles. The van der Waals surface area contributed by atoms with Crippen molar-refractivity contribution in [2.75, 3.05) is 0 Å². The summed E-state index contributed by atoms with van der Waals surface area (Å²) in [5, 5.41) is 4.08. The van der Waals surface area contributed by atoms with E-state index in [4.69, 9.17) is 0 Å². The number of hydrogen-bond acceptors (Lipinski definition) is 2. The first-order chi connectivity index (χ1) is 5.04. The number of aromatic nitrogens is 2. The predicted octanol–water partition coefficient (Wildman–Crippen LogP) is 1.47. The third kappa shape index (κ3) is 1.18. The van der Waals surface area contributed by atoms with Gasteiger partial charge in [-0.25, -0.2) is 4.68 Å². The standard InChI is InChI=1S/C8H12N2O/c1-5-6(2)9-10(7(5)3)8(4)11/h1-4H3. The zero-order valence-corrected chi connectivity index (χ0v) is 7.30. The van der Waals surface area contributed by atoms with Gasteiger partial charge in [0.15, 0.2) is 0 Å². The summed E-state index contributed by atoms with van der Waals surface area (Å²) < 4.78 is 1.44. The van der Waals surface area contributed by atoms with Gasteiger partial charge in [0.25, 0.3) is 0 Å². The normalized spacial score (nSPS) is 10.2. The fraction of sp³-hybridized carbons (Fsp3) is 0.500. The first-order valence-corrected chi connectivity index (χ1v) is 3.57. The average molecular weight is 152 g/mol. The van der Waals surface area contributed by atoms with E-state index in [0.29, 0.717) is 0 Å². The van der Waals surface area contributed by atoms with Gasteiger partial charge >= 0.3 is 0 Å². The van der Waals surface area contributed by atoms with Crippen molar-refractivity contribution in [3.05, 3.63) is 17.0 Å². The maximum absolute atomic E-state index is 10.9. The molecule has 0 radical (unpaired) electrons. The molecular formula is C8H12N2O. The summed E-state index contributed by atoms with van der Waals surface area (Å²) in [7, 11) is 0. The molecule has 0 amide bonds. The molecule has 1 aromatic rings. The van der Waals surface area contributed by atoms with E-state index < -0.39 is 0 Å². The van der Waals surface area contributed by atoms with Crippen LogP contribution in [0.2, 0.25) is 0 Å². The van der Waals surface area contributed by atoms with Crippen LogP contribution in [0.25, 0.3) is 0 Å². The average Bonchev–Trinajstić information content (AvgIpc) is 2.17. The van der Waals surface area contributed by atoms with Crippen molar-refractivity contribution in [3.8, 4) is 0 Å². The molecule has 1 rings (SSSR count). The Morgan fingerprint density at radius 2 is 1.91 bits per heavy atom. The van der Waals surface area contributed by atoms with Gasteiger partial charge in [-0.3, -0.25) is 4.79 Å². The molecule has 60 valence electrons. The number of carbonyl (C=O) groups excluding carboxylic acids is 1. The Labute approximate surface area is 66.0 Å². The van der Waals surface area contributed by atoms with E-state index in [0.717, 1.165) is 17.0 Å². The number of aryl methyl sites for hydroxylation is 1. The Morgan fingerprint density at radius 1 is 1.36 bits per heavy atom. The summed E-state index contributed by atoms with van der Waals surface area (Å²) in [6, 6.07) is 0. The summed E-state index contributed by atoms with van der Waals surface area (Å²) in [4.78, 5) is 10.9. The molecule has 0 bridgehead atoms. The highest BCUT2D eigenvalue weighted by molar-refractivity contribution is 5.76. The number of carbonyl (C=O) groups is 1. The molecule has 0 aliphatic rings. The Hall–Kier alpha value is -1.12. The van der Waals surface area contributed by atoms with Crippen molar-refractivity contribution in [1.29, 1.82) is 0 Å². The van der Waals surface area contributed by atoms with Crippen LogP contribution in [0.1, 0.15) is 28.7 Å². The summed E-state index contributed by atoms with van der Waals surface area (Å²) in [6.45, 7) is 7.29. The molecule has 3 heteroatoms. The van der Waals surface area contributed by atoms with Crippen molar-refractivity contribution in [3.63, 3.8) is 0 Å². The van der Waals surface area contributed by atoms with Gasteiger partial charge < -0.3 is 0 Å². The highest BCUT2D eigenvalue weighted by atomic mass is 16.2. The van der Waals surface area contributed by atoms with Crippen molar-refractivity contribution in [2.45, 2.75) is 27.7 Å². The number of nitrogens with zero attached hydrogens (tertiary/aromatic N) is 2.